The van der Waals surface area contributed by atoms with Crippen molar-refractivity contribution in [2.24, 2.45) is 5.73 Å². The fourth-order valence-corrected chi connectivity index (χ4v) is 3.68. The average Bonchev–Trinajstić information content (AvgIpc) is 3.13. The van der Waals surface area contributed by atoms with Gasteiger partial charge in [0.25, 0.3) is 0 Å². The Balaban J connectivity index is 1.87. The highest BCUT2D eigenvalue weighted by molar-refractivity contribution is 6.42. The summed E-state index contributed by atoms with van der Waals surface area (Å²) in [7, 11) is 0. The van der Waals surface area contributed by atoms with E-state index < -0.39 is 5.92 Å². The minimum absolute atomic E-state index is 0.0146. The predicted molar refractivity (Wildman–Crippen MR) is 111 cm³/mol. The molecule has 1 aromatic heterocycles. The van der Waals surface area contributed by atoms with Gasteiger partial charge in [-0.25, -0.2) is 0 Å². The Kier molecular flexibility index (Phi) is 5.10. The van der Waals surface area contributed by atoms with Crippen LogP contribution in [0.3, 0.4) is 0 Å². The van der Waals surface area contributed by atoms with Gasteiger partial charge in [-0.05, 0) is 48.9 Å². The van der Waals surface area contributed by atoms with Gasteiger partial charge in [0.1, 0.15) is 17.4 Å². The molecule has 1 aliphatic rings. The molecule has 4 rings (SSSR count). The molecule has 8 heteroatoms. The first-order valence-corrected chi connectivity index (χ1v) is 9.63. The fourth-order valence-electron chi connectivity index (χ4n) is 3.37. The molecule has 0 radical (unpaired) electrons. The summed E-state index contributed by atoms with van der Waals surface area (Å²) in [5, 5.41) is 17.9. The number of benzene rings is 2. The van der Waals surface area contributed by atoms with Gasteiger partial charge in [0, 0.05) is 5.56 Å². The van der Waals surface area contributed by atoms with Crippen LogP contribution in [-0.2, 0) is 0 Å². The number of nitrogens with two attached hydrogens (primary N) is 1. The number of allylic oxidation sites excluding steroid dienone is 1. The summed E-state index contributed by atoms with van der Waals surface area (Å²) in [6, 6.07) is 15.0. The number of rotatable bonds is 4. The van der Waals surface area contributed by atoms with Crippen LogP contribution in [0.4, 0.5) is 0 Å². The lowest BCUT2D eigenvalue weighted by molar-refractivity contribution is 0.340. The van der Waals surface area contributed by atoms with Crippen LogP contribution in [0.25, 0.3) is 11.3 Å². The topological polar surface area (TPSA) is 97.0 Å². The average molecular weight is 427 g/mol. The van der Waals surface area contributed by atoms with Gasteiger partial charge in [-0.3, -0.25) is 5.10 Å². The number of nitrogens with one attached hydrogen (secondary N) is 1. The van der Waals surface area contributed by atoms with Gasteiger partial charge >= 0.3 is 0 Å². The number of hydrogen-bond acceptors (Lipinski definition) is 5. The van der Waals surface area contributed by atoms with Crippen LogP contribution in [-0.4, -0.2) is 16.8 Å². The zero-order chi connectivity index (χ0) is 20.5. The maximum absolute atomic E-state index is 9.76. The van der Waals surface area contributed by atoms with E-state index in [-0.39, 0.29) is 11.5 Å². The van der Waals surface area contributed by atoms with E-state index >= 15 is 0 Å². The Morgan fingerprint density at radius 1 is 1.21 bits per heavy atom. The zero-order valence-electron chi connectivity index (χ0n) is 15.4. The standard InChI is InChI=1S/C21H16Cl2N4O2/c1-2-28-13-6-3-11(4-7-13)19-18-17(12-5-8-15(22)16(23)9-12)14(10-24)20(25)29-21(18)27-26-19/h3-9,17H,2,25H2,1H3,(H,26,27)/t17-/m1/s1. The number of fused-ring (bicyclic) bond motifs is 1. The molecule has 0 bridgehead atoms. The molecule has 0 saturated carbocycles. The molecule has 146 valence electrons. The van der Waals surface area contributed by atoms with Crippen LogP contribution < -0.4 is 15.2 Å². The van der Waals surface area contributed by atoms with Crippen LogP contribution in [0.15, 0.2) is 53.9 Å². The third-order valence-corrected chi connectivity index (χ3v) is 5.41. The van der Waals surface area contributed by atoms with Crippen LogP contribution >= 0.6 is 23.2 Å². The van der Waals surface area contributed by atoms with Gasteiger partial charge in [0.15, 0.2) is 0 Å². The molecular formula is C21H16Cl2N4O2. The van der Waals surface area contributed by atoms with Gasteiger partial charge in [-0.15, -0.1) is 5.10 Å². The lowest BCUT2D eigenvalue weighted by Gasteiger charge is -2.24. The molecular weight excluding hydrogens is 411 g/mol. The molecule has 3 N–H and O–H groups in total. The second kappa shape index (κ2) is 7.70. The van der Waals surface area contributed by atoms with Crippen molar-refractivity contribution in [1.29, 1.82) is 5.26 Å². The van der Waals surface area contributed by atoms with Crippen LogP contribution in [0.1, 0.15) is 24.0 Å². The summed E-state index contributed by atoms with van der Waals surface area (Å²) in [5.74, 6) is 0.602. The summed E-state index contributed by atoms with van der Waals surface area (Å²) < 4.78 is 11.1. The van der Waals surface area contributed by atoms with Gasteiger partial charge in [-0.1, -0.05) is 29.3 Å². The molecule has 3 aromatic rings. The van der Waals surface area contributed by atoms with Crippen LogP contribution in [0.5, 0.6) is 11.6 Å². The van der Waals surface area contributed by atoms with Crippen LogP contribution in [0.2, 0.25) is 10.0 Å². The summed E-state index contributed by atoms with van der Waals surface area (Å²) in [4.78, 5) is 0. The Labute approximate surface area is 177 Å². The highest BCUT2D eigenvalue weighted by Crippen LogP contribution is 2.46. The number of hydrogen-bond donors (Lipinski definition) is 2. The molecule has 6 nitrogen and oxygen atoms in total. The maximum atomic E-state index is 9.76. The van der Waals surface area contributed by atoms with E-state index in [4.69, 9.17) is 38.4 Å². The highest BCUT2D eigenvalue weighted by atomic mass is 35.5. The van der Waals surface area contributed by atoms with Gasteiger partial charge in [0.05, 0.1) is 33.8 Å². The summed E-state index contributed by atoms with van der Waals surface area (Å²) >= 11 is 12.3. The lowest BCUT2D eigenvalue weighted by Crippen LogP contribution is -2.21. The first-order chi connectivity index (χ1) is 14.0. The minimum Gasteiger partial charge on any atom is -0.494 e. The second-order valence-corrected chi connectivity index (χ2v) is 7.19. The first-order valence-electron chi connectivity index (χ1n) is 8.87. The Hall–Kier alpha value is -3.14. The molecule has 0 spiro atoms. The summed E-state index contributed by atoms with van der Waals surface area (Å²) in [5.41, 5.74) is 9.35. The van der Waals surface area contributed by atoms with Crippen molar-refractivity contribution in [2.75, 3.05) is 6.61 Å². The van der Waals surface area contributed by atoms with E-state index in [2.05, 4.69) is 16.3 Å². The van der Waals surface area contributed by atoms with E-state index in [0.29, 0.717) is 28.1 Å². The van der Waals surface area contributed by atoms with Crippen LogP contribution in [0, 0.1) is 11.3 Å². The third-order valence-electron chi connectivity index (χ3n) is 4.67. The van der Waals surface area contributed by atoms with E-state index in [1.165, 1.54) is 0 Å². The van der Waals surface area contributed by atoms with Gasteiger partial charge in [0.2, 0.25) is 11.8 Å². The van der Waals surface area contributed by atoms with Crippen molar-refractivity contribution in [3.05, 3.63) is 75.1 Å². The molecule has 0 unspecified atom stereocenters. The largest absolute Gasteiger partial charge is 0.494 e. The number of nitrogens with zero attached hydrogens (tertiary/aromatic N) is 2. The molecule has 2 aromatic carbocycles. The highest BCUT2D eigenvalue weighted by Gasteiger charge is 2.35. The Bertz CT molecular complexity index is 1150. The van der Waals surface area contributed by atoms with Crippen molar-refractivity contribution in [3.63, 3.8) is 0 Å². The Morgan fingerprint density at radius 3 is 2.62 bits per heavy atom. The number of H-pyrrole nitrogens is 1. The summed E-state index contributed by atoms with van der Waals surface area (Å²) in [6.07, 6.45) is 0. The molecule has 2 heterocycles. The van der Waals surface area contributed by atoms with Crippen molar-refractivity contribution in [3.8, 4) is 29.0 Å². The van der Waals surface area contributed by atoms with E-state index in [9.17, 15) is 5.26 Å². The fraction of sp³-hybridized carbons (Fsp3) is 0.143. The van der Waals surface area contributed by atoms with Crippen molar-refractivity contribution >= 4 is 23.2 Å². The molecule has 0 fully saturated rings. The second-order valence-electron chi connectivity index (χ2n) is 6.37. The number of ether oxygens (including phenoxy) is 2. The summed E-state index contributed by atoms with van der Waals surface area (Å²) in [6.45, 7) is 2.51. The number of aromatic amines is 1. The van der Waals surface area contributed by atoms with E-state index in [1.807, 2.05) is 37.3 Å². The number of halogens is 2. The Morgan fingerprint density at radius 2 is 1.97 bits per heavy atom. The smallest absolute Gasteiger partial charge is 0.244 e. The molecule has 0 aliphatic carbocycles. The third kappa shape index (κ3) is 3.39. The quantitative estimate of drug-likeness (QED) is 0.611. The van der Waals surface area contributed by atoms with E-state index in [1.54, 1.807) is 12.1 Å². The van der Waals surface area contributed by atoms with Gasteiger partial charge in [-0.2, -0.15) is 5.26 Å². The van der Waals surface area contributed by atoms with Crippen molar-refractivity contribution < 1.29 is 9.47 Å². The molecule has 29 heavy (non-hydrogen) atoms. The predicted octanol–water partition coefficient (Wildman–Crippen LogP) is 5.00. The molecule has 0 amide bonds. The zero-order valence-corrected chi connectivity index (χ0v) is 16.9. The first kappa shape index (κ1) is 19.2. The van der Waals surface area contributed by atoms with Crippen molar-refractivity contribution in [1.82, 2.24) is 10.2 Å². The molecule has 0 saturated heterocycles. The van der Waals surface area contributed by atoms with Gasteiger partial charge < -0.3 is 15.2 Å². The van der Waals surface area contributed by atoms with Crippen molar-refractivity contribution in [2.45, 2.75) is 12.8 Å². The monoisotopic (exact) mass is 426 g/mol. The molecule has 1 aliphatic heterocycles. The van der Waals surface area contributed by atoms with E-state index in [0.717, 1.165) is 22.6 Å². The number of aromatic nitrogens is 2. The molecule has 1 atom stereocenters. The normalized spacial score (nSPS) is 15.4. The maximum Gasteiger partial charge on any atom is 0.244 e. The SMILES string of the molecule is CCOc1ccc(-c2[nH]nc3c2[C@H](c2ccc(Cl)c(Cl)c2)C(C#N)=C(N)O3)cc1. The lowest BCUT2D eigenvalue weighted by atomic mass is 9.83. The minimum atomic E-state index is -0.501. The number of nitriles is 1.